The van der Waals surface area contributed by atoms with Crippen LogP contribution in [0.15, 0.2) is 11.0 Å². The van der Waals surface area contributed by atoms with E-state index in [-0.39, 0.29) is 22.3 Å². The van der Waals surface area contributed by atoms with Crippen LogP contribution in [0.4, 0.5) is 0 Å². The molecule has 1 aliphatic heterocycles. The van der Waals surface area contributed by atoms with Gasteiger partial charge in [-0.15, -0.1) is 11.3 Å². The normalized spacial score (nSPS) is 24.9. The van der Waals surface area contributed by atoms with Gasteiger partial charge in [-0.3, -0.25) is 0 Å². The zero-order valence-electron chi connectivity index (χ0n) is 25.7. The highest BCUT2D eigenvalue weighted by atomic mass is 32.1. The van der Waals surface area contributed by atoms with E-state index < -0.39 is 28.0 Å². The Balaban J connectivity index is 2.39. The van der Waals surface area contributed by atoms with Crippen molar-refractivity contribution >= 4 is 34.0 Å². The molecule has 0 aliphatic carbocycles. The molecule has 0 spiro atoms. The molecule has 1 aromatic rings. The monoisotopic (exact) mass is 555 g/mol. The van der Waals surface area contributed by atoms with Crippen molar-refractivity contribution in [1.29, 1.82) is 0 Å². The largest absolute Gasteiger partial charge is 0.414 e. The quantitative estimate of drug-likeness (QED) is 0.286. The Labute approximate surface area is 227 Å². The summed E-state index contributed by atoms with van der Waals surface area (Å²) in [7, 11) is -4.00. The fourth-order valence-corrected chi connectivity index (χ4v) is 6.90. The summed E-state index contributed by atoms with van der Waals surface area (Å²) >= 11 is 1.67. The van der Waals surface area contributed by atoms with E-state index in [4.69, 9.17) is 18.3 Å². The van der Waals surface area contributed by atoms with Crippen molar-refractivity contribution in [1.82, 2.24) is 4.98 Å². The van der Waals surface area contributed by atoms with Gasteiger partial charge in [0, 0.05) is 11.8 Å². The highest BCUT2D eigenvalue weighted by molar-refractivity contribution is 7.09. The van der Waals surface area contributed by atoms with Gasteiger partial charge >= 0.3 is 0 Å². The topological polar surface area (TPSA) is 49.8 Å². The predicted octanol–water partition coefficient (Wildman–Crippen LogP) is 8.57. The fourth-order valence-electron chi connectivity index (χ4n) is 3.91. The summed E-state index contributed by atoms with van der Waals surface area (Å²) in [4.78, 5) is 4.67. The number of thiazole rings is 1. The van der Waals surface area contributed by atoms with Crippen molar-refractivity contribution in [3.8, 4) is 0 Å². The number of aromatic nitrogens is 1. The minimum absolute atomic E-state index is 0.0948. The minimum atomic E-state index is -2.05. The number of ether oxygens (including phenoxy) is 2. The zero-order chi connectivity index (χ0) is 28.0. The Bertz CT molecular complexity index is 927. The van der Waals surface area contributed by atoms with E-state index in [1.54, 1.807) is 11.3 Å². The van der Waals surface area contributed by atoms with E-state index >= 15 is 0 Å². The molecule has 0 bridgehead atoms. The first-order valence-electron chi connectivity index (χ1n) is 13.3. The van der Waals surface area contributed by atoms with Gasteiger partial charge < -0.3 is 18.3 Å². The summed E-state index contributed by atoms with van der Waals surface area (Å²) in [5.41, 5.74) is 1.60. The van der Waals surface area contributed by atoms with Gasteiger partial charge in [-0.05, 0) is 82.5 Å². The summed E-state index contributed by atoms with van der Waals surface area (Å²) < 4.78 is 26.8. The second-order valence-corrected chi connectivity index (χ2v) is 24.9. The van der Waals surface area contributed by atoms with Crippen molar-refractivity contribution in [3.05, 3.63) is 21.7 Å². The molecule has 0 unspecified atom stereocenters. The van der Waals surface area contributed by atoms with Crippen LogP contribution in [0.3, 0.4) is 0 Å². The van der Waals surface area contributed by atoms with Gasteiger partial charge in [0.2, 0.25) is 0 Å². The number of rotatable bonds is 9. The van der Waals surface area contributed by atoms with E-state index in [1.165, 1.54) is 5.57 Å². The summed E-state index contributed by atoms with van der Waals surface area (Å²) in [6.45, 7) is 33.7. The molecule has 3 atom stereocenters. The van der Waals surface area contributed by atoms with Crippen LogP contribution in [-0.4, -0.2) is 51.8 Å². The second-order valence-electron chi connectivity index (χ2n) is 14.3. The average Bonchev–Trinajstić information content (AvgIpc) is 3.17. The van der Waals surface area contributed by atoms with E-state index in [0.29, 0.717) is 13.0 Å². The SMILES string of the molecule is C/C(=C/c1csc(C)n1)[C@H](C[C@H]1OC(C)(C)O[C@]1(C)CO[Si](C)(C)C(C)(C)C)O[Si](C)(C)C(C)(C)C. The van der Waals surface area contributed by atoms with Crippen molar-refractivity contribution in [3.63, 3.8) is 0 Å². The van der Waals surface area contributed by atoms with Gasteiger partial charge in [0.15, 0.2) is 22.4 Å². The van der Waals surface area contributed by atoms with Crippen LogP contribution >= 0.6 is 11.3 Å². The van der Waals surface area contributed by atoms with Crippen LogP contribution < -0.4 is 0 Å². The van der Waals surface area contributed by atoms with Gasteiger partial charge in [0.05, 0.1) is 29.5 Å². The minimum Gasteiger partial charge on any atom is -0.414 e. The molecule has 1 aliphatic rings. The smallest absolute Gasteiger partial charge is 0.192 e. The maximum Gasteiger partial charge on any atom is 0.192 e. The average molecular weight is 556 g/mol. The molecule has 0 amide bonds. The Morgan fingerprint density at radius 2 is 1.64 bits per heavy atom. The van der Waals surface area contributed by atoms with E-state index in [1.807, 2.05) is 20.8 Å². The summed E-state index contributed by atoms with van der Waals surface area (Å²) in [5.74, 6) is -0.679. The van der Waals surface area contributed by atoms with Gasteiger partial charge in [-0.1, -0.05) is 41.5 Å². The molecule has 0 aromatic carbocycles. The molecule has 36 heavy (non-hydrogen) atoms. The first-order chi connectivity index (χ1) is 16.0. The highest BCUT2D eigenvalue weighted by Crippen LogP contribution is 2.44. The lowest BCUT2D eigenvalue weighted by atomic mass is 9.93. The molecule has 1 saturated heterocycles. The lowest BCUT2D eigenvalue weighted by molar-refractivity contribution is -0.165. The molecule has 1 aromatic heterocycles. The first kappa shape index (κ1) is 31.9. The van der Waals surface area contributed by atoms with Crippen LogP contribution in [0, 0.1) is 6.92 Å². The lowest BCUT2D eigenvalue weighted by Gasteiger charge is -2.42. The molecule has 5 nitrogen and oxygen atoms in total. The molecule has 1 fully saturated rings. The van der Waals surface area contributed by atoms with E-state index in [2.05, 4.69) is 98.0 Å². The van der Waals surface area contributed by atoms with Crippen molar-refractivity contribution in [2.24, 2.45) is 0 Å². The zero-order valence-corrected chi connectivity index (χ0v) is 28.5. The number of nitrogens with zero attached hydrogens (tertiary/aromatic N) is 1. The van der Waals surface area contributed by atoms with Crippen molar-refractivity contribution < 1.29 is 18.3 Å². The van der Waals surface area contributed by atoms with Gasteiger partial charge in [0.1, 0.15) is 5.60 Å². The maximum absolute atomic E-state index is 7.04. The number of aryl methyl sites for hydroxylation is 1. The van der Waals surface area contributed by atoms with Crippen LogP contribution in [-0.2, 0) is 18.3 Å². The van der Waals surface area contributed by atoms with Crippen LogP contribution in [0.25, 0.3) is 6.08 Å². The van der Waals surface area contributed by atoms with Gasteiger partial charge in [0.25, 0.3) is 0 Å². The third-order valence-electron chi connectivity index (χ3n) is 8.30. The van der Waals surface area contributed by atoms with E-state index in [9.17, 15) is 0 Å². The van der Waals surface area contributed by atoms with Crippen LogP contribution in [0.2, 0.25) is 36.3 Å². The molecule has 2 heterocycles. The van der Waals surface area contributed by atoms with Crippen LogP contribution in [0.1, 0.15) is 86.4 Å². The molecular weight excluding hydrogens is 503 g/mol. The Morgan fingerprint density at radius 1 is 1.08 bits per heavy atom. The summed E-state index contributed by atoms with van der Waals surface area (Å²) in [6, 6.07) is 0. The maximum atomic E-state index is 7.04. The number of hydrogen-bond acceptors (Lipinski definition) is 6. The Kier molecular flexibility index (Phi) is 9.44. The first-order valence-corrected chi connectivity index (χ1v) is 20.0. The molecule has 0 radical (unpaired) electrons. The summed E-state index contributed by atoms with van der Waals surface area (Å²) in [5, 5.41) is 3.41. The molecule has 8 heteroatoms. The third-order valence-corrected chi connectivity index (χ3v) is 18.1. The fraction of sp³-hybridized carbons (Fsp3) is 0.821. The lowest BCUT2D eigenvalue weighted by Crippen LogP contribution is -2.51. The van der Waals surface area contributed by atoms with Crippen molar-refractivity contribution in [2.75, 3.05) is 6.61 Å². The molecule has 208 valence electrons. The predicted molar refractivity (Wildman–Crippen MR) is 159 cm³/mol. The van der Waals surface area contributed by atoms with Gasteiger partial charge in [-0.2, -0.15) is 0 Å². The Morgan fingerprint density at radius 3 is 2.11 bits per heavy atom. The standard InChI is InChI=1S/C28H53NO4SSi2/c1-20(16-22-18-34-21(2)29-22)23(32-36(14,15)26(6,7)8)17-24-28(11,33-27(9,10)31-24)19-30-35(12,13)25(3,4)5/h16,18,23-24H,17,19H2,1-15H3/b20-16-/t23-,24+,28+/m0/s1. The summed E-state index contributed by atoms with van der Waals surface area (Å²) in [6.07, 6.45) is 2.62. The number of hydrogen-bond donors (Lipinski definition) is 0. The molecular formula is C28H53NO4SSi2. The molecule has 0 N–H and O–H groups in total. The van der Waals surface area contributed by atoms with Gasteiger partial charge in [-0.25, -0.2) is 4.98 Å². The molecule has 2 rings (SSSR count). The molecule has 0 saturated carbocycles. The van der Waals surface area contributed by atoms with E-state index in [0.717, 1.165) is 10.7 Å². The van der Waals surface area contributed by atoms with Crippen molar-refractivity contribution in [2.45, 2.75) is 142 Å². The highest BCUT2D eigenvalue weighted by Gasteiger charge is 2.53. The Hall–Kier alpha value is -0.356. The van der Waals surface area contributed by atoms with Crippen LogP contribution in [0.5, 0.6) is 0 Å². The second kappa shape index (κ2) is 10.7. The third kappa shape index (κ3) is 7.84.